The highest BCUT2D eigenvalue weighted by molar-refractivity contribution is 7.89. The van der Waals surface area contributed by atoms with Gasteiger partial charge in [0.25, 0.3) is 0 Å². The number of halogens is 3. The molecule has 0 aliphatic rings. The van der Waals surface area contributed by atoms with Crippen LogP contribution in [-0.2, 0) is 21.2 Å². The van der Waals surface area contributed by atoms with Crippen molar-refractivity contribution in [3.8, 4) is 5.69 Å². The number of sulfonamides is 1. The van der Waals surface area contributed by atoms with Crippen molar-refractivity contribution in [3.05, 3.63) is 77.6 Å². The monoisotopic (exact) mass is 461 g/mol. The van der Waals surface area contributed by atoms with Gasteiger partial charge in [0.2, 0.25) is 15.9 Å². The average Bonchev–Trinajstić information content (AvgIpc) is 3.13. The van der Waals surface area contributed by atoms with Crippen molar-refractivity contribution in [1.82, 2.24) is 15.0 Å². The van der Waals surface area contributed by atoms with Gasteiger partial charge in [-0.15, -0.1) is 5.10 Å². The van der Waals surface area contributed by atoms with Crippen LogP contribution < -0.4 is 10.5 Å². The lowest BCUT2D eigenvalue weighted by Gasteiger charge is -2.12. The Kier molecular flexibility index (Phi) is 5.40. The van der Waals surface area contributed by atoms with Gasteiger partial charge >= 0.3 is 0 Å². The summed E-state index contributed by atoms with van der Waals surface area (Å²) < 4.78 is 66.7. The number of carbonyl (C=O) groups is 1. The first-order chi connectivity index (χ1) is 15.1. The predicted molar refractivity (Wildman–Crippen MR) is 109 cm³/mol. The largest absolute Gasteiger partial charge is 0.326 e. The van der Waals surface area contributed by atoms with E-state index in [9.17, 15) is 26.4 Å². The Labute approximate surface area is 179 Å². The Morgan fingerprint density at radius 2 is 1.78 bits per heavy atom. The summed E-state index contributed by atoms with van der Waals surface area (Å²) in [4.78, 5) is 11.8. The molecule has 0 bridgehead atoms. The fourth-order valence-electron chi connectivity index (χ4n) is 3.14. The standard InChI is InChI=1S/C20H14F3N5O3S/c21-12-8-15(23)20-17(9-12)28(27-26-20)16-6-5-13(10-18(16)32(24,30)31)25-19(29)7-11-3-1-2-4-14(11)22/h1-6,8-10H,7H2,(H,25,29)(H2,24,30,31). The van der Waals surface area contributed by atoms with Crippen molar-refractivity contribution >= 4 is 32.7 Å². The van der Waals surface area contributed by atoms with Gasteiger partial charge in [-0.1, -0.05) is 23.4 Å². The molecule has 0 aliphatic carbocycles. The molecule has 4 aromatic rings. The third-order valence-corrected chi connectivity index (χ3v) is 5.50. The van der Waals surface area contributed by atoms with Crippen molar-refractivity contribution in [1.29, 1.82) is 0 Å². The number of nitrogens with one attached hydrogen (secondary N) is 1. The molecule has 3 N–H and O–H groups in total. The van der Waals surface area contributed by atoms with E-state index in [0.717, 1.165) is 16.8 Å². The van der Waals surface area contributed by atoms with Gasteiger partial charge in [-0.25, -0.2) is 31.4 Å². The number of fused-ring (bicyclic) bond motifs is 1. The van der Waals surface area contributed by atoms with E-state index in [1.807, 2.05) is 0 Å². The quantitative estimate of drug-likeness (QED) is 0.474. The highest BCUT2D eigenvalue weighted by Gasteiger charge is 2.21. The Morgan fingerprint density at radius 3 is 2.50 bits per heavy atom. The molecule has 0 saturated carbocycles. The lowest BCUT2D eigenvalue weighted by Crippen LogP contribution is -2.18. The molecule has 0 spiro atoms. The molecular weight excluding hydrogens is 447 g/mol. The van der Waals surface area contributed by atoms with Gasteiger partial charge in [-0.3, -0.25) is 4.79 Å². The van der Waals surface area contributed by atoms with E-state index in [1.165, 1.54) is 30.3 Å². The van der Waals surface area contributed by atoms with Gasteiger partial charge in [0, 0.05) is 17.8 Å². The second-order valence-corrected chi connectivity index (χ2v) is 8.33. The summed E-state index contributed by atoms with van der Waals surface area (Å²) in [6, 6.07) is 10.9. The zero-order valence-corrected chi connectivity index (χ0v) is 16.9. The number of benzene rings is 3. The van der Waals surface area contributed by atoms with Crippen molar-refractivity contribution in [3.63, 3.8) is 0 Å². The van der Waals surface area contributed by atoms with Gasteiger partial charge in [0.05, 0.1) is 12.1 Å². The van der Waals surface area contributed by atoms with Crippen molar-refractivity contribution in [2.24, 2.45) is 5.14 Å². The minimum absolute atomic E-state index is 0.0564. The van der Waals surface area contributed by atoms with Gasteiger partial charge in [-0.05, 0) is 29.8 Å². The highest BCUT2D eigenvalue weighted by Crippen LogP contribution is 2.27. The first kappa shape index (κ1) is 21.5. The summed E-state index contributed by atoms with van der Waals surface area (Å²) in [7, 11) is -4.36. The summed E-state index contributed by atoms with van der Waals surface area (Å²) in [5.74, 6) is -3.03. The summed E-state index contributed by atoms with van der Waals surface area (Å²) in [5.41, 5.74) is -0.308. The van der Waals surface area contributed by atoms with E-state index in [4.69, 9.17) is 5.14 Å². The Hall–Kier alpha value is -3.77. The van der Waals surface area contributed by atoms with Gasteiger partial charge in [-0.2, -0.15) is 0 Å². The second kappa shape index (κ2) is 8.05. The molecule has 0 fully saturated rings. The molecule has 1 amide bonds. The van der Waals surface area contributed by atoms with E-state index in [2.05, 4.69) is 15.6 Å². The number of nitrogens with two attached hydrogens (primary N) is 1. The second-order valence-electron chi connectivity index (χ2n) is 6.80. The maximum atomic E-state index is 14.0. The summed E-state index contributed by atoms with van der Waals surface area (Å²) in [6.45, 7) is 0. The number of aromatic nitrogens is 3. The molecule has 4 rings (SSSR count). The number of primary sulfonamides is 1. The Balaban J connectivity index is 1.72. The molecule has 0 saturated heterocycles. The van der Waals surface area contributed by atoms with Crippen LogP contribution in [0.2, 0.25) is 0 Å². The van der Waals surface area contributed by atoms with Gasteiger partial charge in [0.1, 0.15) is 27.6 Å². The lowest BCUT2D eigenvalue weighted by molar-refractivity contribution is -0.115. The van der Waals surface area contributed by atoms with E-state index >= 15 is 0 Å². The smallest absolute Gasteiger partial charge is 0.240 e. The first-order valence-electron chi connectivity index (χ1n) is 9.04. The van der Waals surface area contributed by atoms with Crippen LogP contribution >= 0.6 is 0 Å². The van der Waals surface area contributed by atoms with Crippen molar-refractivity contribution < 1.29 is 26.4 Å². The summed E-state index contributed by atoms with van der Waals surface area (Å²) in [6.07, 6.45) is -0.286. The van der Waals surface area contributed by atoms with Crippen molar-refractivity contribution in [2.45, 2.75) is 11.3 Å². The van der Waals surface area contributed by atoms with E-state index in [-0.39, 0.29) is 34.4 Å². The zero-order valence-electron chi connectivity index (χ0n) is 16.1. The fourth-order valence-corrected chi connectivity index (χ4v) is 3.88. The lowest BCUT2D eigenvalue weighted by atomic mass is 10.1. The van der Waals surface area contributed by atoms with Crippen LogP contribution in [0.3, 0.4) is 0 Å². The number of amides is 1. The number of carbonyl (C=O) groups excluding carboxylic acids is 1. The molecule has 8 nitrogen and oxygen atoms in total. The van der Waals surface area contributed by atoms with Crippen LogP contribution in [0.4, 0.5) is 18.9 Å². The fraction of sp³-hybridized carbons (Fsp3) is 0.0500. The maximum absolute atomic E-state index is 14.0. The maximum Gasteiger partial charge on any atom is 0.240 e. The van der Waals surface area contributed by atoms with Crippen LogP contribution in [-0.4, -0.2) is 29.3 Å². The van der Waals surface area contributed by atoms with Crippen molar-refractivity contribution in [2.75, 3.05) is 5.32 Å². The molecule has 0 radical (unpaired) electrons. The van der Waals surface area contributed by atoms with Gasteiger partial charge in [0.15, 0.2) is 5.82 Å². The zero-order chi connectivity index (χ0) is 23.0. The molecule has 1 aromatic heterocycles. The third-order valence-electron chi connectivity index (χ3n) is 4.56. The molecule has 0 atom stereocenters. The number of hydrogen-bond acceptors (Lipinski definition) is 5. The number of nitrogens with zero attached hydrogens (tertiary/aromatic N) is 3. The molecule has 3 aromatic carbocycles. The third kappa shape index (κ3) is 4.18. The van der Waals surface area contributed by atoms with E-state index < -0.39 is 38.3 Å². The molecule has 12 heteroatoms. The van der Waals surface area contributed by atoms with Crippen LogP contribution in [0.25, 0.3) is 16.7 Å². The van der Waals surface area contributed by atoms with E-state index in [1.54, 1.807) is 6.07 Å². The highest BCUT2D eigenvalue weighted by atomic mass is 32.2. The number of anilines is 1. The van der Waals surface area contributed by atoms with E-state index in [0.29, 0.717) is 6.07 Å². The van der Waals surface area contributed by atoms with Gasteiger partial charge < -0.3 is 5.32 Å². The SMILES string of the molecule is NS(=O)(=O)c1cc(NC(=O)Cc2ccccc2F)ccc1-n1nnc2c(F)cc(F)cc21. The molecular formula is C20H14F3N5O3S. The van der Waals surface area contributed by atoms with Crippen LogP contribution in [0, 0.1) is 17.5 Å². The molecule has 32 heavy (non-hydrogen) atoms. The van der Waals surface area contributed by atoms with Crippen LogP contribution in [0.15, 0.2) is 59.5 Å². The molecule has 0 unspecified atom stereocenters. The minimum atomic E-state index is -4.36. The number of rotatable bonds is 5. The number of hydrogen-bond donors (Lipinski definition) is 2. The molecule has 1 heterocycles. The summed E-state index contributed by atoms with van der Waals surface area (Å²) >= 11 is 0. The summed E-state index contributed by atoms with van der Waals surface area (Å²) in [5, 5.41) is 15.1. The predicted octanol–water partition coefficient (Wildman–Crippen LogP) is 2.67. The minimum Gasteiger partial charge on any atom is -0.326 e. The molecule has 164 valence electrons. The Morgan fingerprint density at radius 1 is 1.03 bits per heavy atom. The topological polar surface area (TPSA) is 120 Å². The molecule has 0 aliphatic heterocycles. The van der Waals surface area contributed by atoms with Crippen LogP contribution in [0.5, 0.6) is 0 Å². The average molecular weight is 461 g/mol. The van der Waals surface area contributed by atoms with Crippen LogP contribution in [0.1, 0.15) is 5.56 Å². The first-order valence-corrected chi connectivity index (χ1v) is 10.6. The normalized spacial score (nSPS) is 11.6. The Bertz CT molecular complexity index is 1470.